The molecule has 0 saturated carbocycles. The topological polar surface area (TPSA) is 66.4 Å². The molecule has 0 saturated heterocycles. The van der Waals surface area contributed by atoms with Crippen LogP contribution in [0.5, 0.6) is 0 Å². The highest BCUT2D eigenvalue weighted by Crippen LogP contribution is 2.27. The monoisotopic (exact) mass is 259 g/mol. The zero-order valence-corrected chi connectivity index (χ0v) is 10.8. The summed E-state index contributed by atoms with van der Waals surface area (Å²) in [6.07, 6.45) is 4.60. The molecule has 1 aliphatic rings. The molecule has 2 rings (SSSR count). The molecule has 0 aliphatic heterocycles. The van der Waals surface area contributed by atoms with E-state index in [4.69, 9.17) is 5.11 Å². The maximum absolute atomic E-state index is 12.2. The second-order valence-corrected chi connectivity index (χ2v) is 4.85. The van der Waals surface area contributed by atoms with Crippen LogP contribution in [-0.2, 0) is 9.59 Å². The van der Waals surface area contributed by atoms with Crippen LogP contribution in [0.3, 0.4) is 0 Å². The fraction of sp³-hybridized carbons (Fsp3) is 0.333. The van der Waals surface area contributed by atoms with Crippen molar-refractivity contribution < 1.29 is 14.7 Å². The number of carboxylic acid groups (broad SMARTS) is 1. The van der Waals surface area contributed by atoms with E-state index in [2.05, 4.69) is 5.32 Å². The molecule has 0 radical (unpaired) electrons. The van der Waals surface area contributed by atoms with Crippen LogP contribution in [0.2, 0.25) is 0 Å². The smallest absolute Gasteiger partial charge is 0.307 e. The van der Waals surface area contributed by atoms with Crippen molar-refractivity contribution in [3.8, 4) is 0 Å². The molecule has 2 N–H and O–H groups in total. The number of carbonyl (C=O) groups is 2. The fourth-order valence-electron chi connectivity index (χ4n) is 2.33. The molecular formula is C15H17NO3. The van der Waals surface area contributed by atoms with Gasteiger partial charge in [0.1, 0.15) is 0 Å². The molecule has 0 fully saturated rings. The normalized spacial score (nSPS) is 21.9. The first-order valence-electron chi connectivity index (χ1n) is 6.33. The van der Waals surface area contributed by atoms with Gasteiger partial charge in [-0.3, -0.25) is 9.59 Å². The van der Waals surface area contributed by atoms with E-state index in [0.29, 0.717) is 18.5 Å². The van der Waals surface area contributed by atoms with Crippen molar-refractivity contribution in [1.29, 1.82) is 0 Å². The predicted octanol–water partition coefficient (Wildman–Crippen LogP) is 2.60. The lowest BCUT2D eigenvalue weighted by molar-refractivity contribution is -0.146. The van der Waals surface area contributed by atoms with Crippen LogP contribution in [0.25, 0.3) is 0 Å². The highest BCUT2D eigenvalue weighted by Gasteiger charge is 2.33. The van der Waals surface area contributed by atoms with Crippen molar-refractivity contribution in [2.24, 2.45) is 11.8 Å². The number of anilines is 1. The van der Waals surface area contributed by atoms with E-state index in [9.17, 15) is 9.59 Å². The number of allylic oxidation sites excluding steroid dienone is 2. The summed E-state index contributed by atoms with van der Waals surface area (Å²) in [4.78, 5) is 23.3. The number of nitrogens with one attached hydrogen (secondary N) is 1. The van der Waals surface area contributed by atoms with E-state index < -0.39 is 17.8 Å². The number of hydrogen-bond donors (Lipinski definition) is 2. The summed E-state index contributed by atoms with van der Waals surface area (Å²) in [6.45, 7) is 1.94. The summed E-state index contributed by atoms with van der Waals surface area (Å²) in [7, 11) is 0. The summed E-state index contributed by atoms with van der Waals surface area (Å²) in [5.41, 5.74) is 1.76. The van der Waals surface area contributed by atoms with Gasteiger partial charge in [0.05, 0.1) is 11.8 Å². The minimum atomic E-state index is -0.909. The van der Waals surface area contributed by atoms with Gasteiger partial charge in [0.2, 0.25) is 5.91 Å². The molecule has 0 bridgehead atoms. The second-order valence-electron chi connectivity index (χ2n) is 4.85. The van der Waals surface area contributed by atoms with Gasteiger partial charge in [0.25, 0.3) is 0 Å². The molecule has 4 nitrogen and oxygen atoms in total. The van der Waals surface area contributed by atoms with E-state index in [1.807, 2.05) is 37.3 Å². The van der Waals surface area contributed by atoms with Crippen molar-refractivity contribution in [2.75, 3.05) is 5.32 Å². The lowest BCUT2D eigenvalue weighted by atomic mass is 9.82. The molecule has 0 aromatic heterocycles. The standard InChI is InChI=1S/C15H17NO3/c1-10-5-4-6-11(9-10)16-14(17)12-7-2-3-8-13(12)15(18)19/h2-6,9,12-13H,7-8H2,1H3,(H,16,17)(H,18,19). The summed E-state index contributed by atoms with van der Waals surface area (Å²) < 4.78 is 0. The molecule has 1 aliphatic carbocycles. The van der Waals surface area contributed by atoms with Crippen LogP contribution in [0.4, 0.5) is 5.69 Å². The van der Waals surface area contributed by atoms with Gasteiger partial charge in [-0.25, -0.2) is 0 Å². The van der Waals surface area contributed by atoms with Crippen LogP contribution in [0.1, 0.15) is 18.4 Å². The molecule has 0 spiro atoms. The van der Waals surface area contributed by atoms with Crippen molar-refractivity contribution >= 4 is 17.6 Å². The highest BCUT2D eigenvalue weighted by molar-refractivity contribution is 5.95. The van der Waals surface area contributed by atoms with Gasteiger partial charge in [-0.15, -0.1) is 0 Å². The number of carbonyl (C=O) groups excluding carboxylic acids is 1. The molecule has 1 aromatic carbocycles. The number of aliphatic carboxylic acids is 1. The van der Waals surface area contributed by atoms with Crippen molar-refractivity contribution in [2.45, 2.75) is 19.8 Å². The van der Waals surface area contributed by atoms with Crippen LogP contribution < -0.4 is 5.32 Å². The maximum atomic E-state index is 12.2. The van der Waals surface area contributed by atoms with Gasteiger partial charge in [-0.2, -0.15) is 0 Å². The van der Waals surface area contributed by atoms with Gasteiger partial charge >= 0.3 is 5.97 Å². The Hall–Kier alpha value is -2.10. The minimum absolute atomic E-state index is 0.220. The van der Waals surface area contributed by atoms with E-state index in [1.54, 1.807) is 6.07 Å². The van der Waals surface area contributed by atoms with Crippen LogP contribution >= 0.6 is 0 Å². The SMILES string of the molecule is Cc1cccc(NC(=O)C2CC=CCC2C(=O)O)c1. The zero-order valence-electron chi connectivity index (χ0n) is 10.8. The van der Waals surface area contributed by atoms with Crippen molar-refractivity contribution in [1.82, 2.24) is 0 Å². The summed E-state index contributed by atoms with van der Waals surface area (Å²) in [6, 6.07) is 7.48. The van der Waals surface area contributed by atoms with E-state index in [1.165, 1.54) is 0 Å². The van der Waals surface area contributed by atoms with E-state index in [-0.39, 0.29) is 5.91 Å². The second kappa shape index (κ2) is 5.69. The van der Waals surface area contributed by atoms with Gasteiger partial charge < -0.3 is 10.4 Å². The quantitative estimate of drug-likeness (QED) is 0.820. The Labute approximate surface area is 112 Å². The molecular weight excluding hydrogens is 242 g/mol. The number of amides is 1. The molecule has 2 atom stereocenters. The summed E-state index contributed by atoms with van der Waals surface area (Å²) in [5, 5.41) is 12.0. The first-order valence-corrected chi connectivity index (χ1v) is 6.33. The van der Waals surface area contributed by atoms with Gasteiger partial charge in [-0.05, 0) is 37.5 Å². The number of rotatable bonds is 3. The Morgan fingerprint density at radius 3 is 2.53 bits per heavy atom. The Kier molecular flexibility index (Phi) is 4.00. The lowest BCUT2D eigenvalue weighted by Crippen LogP contribution is -2.34. The zero-order chi connectivity index (χ0) is 13.8. The molecule has 100 valence electrons. The van der Waals surface area contributed by atoms with Crippen LogP contribution in [0, 0.1) is 18.8 Å². The summed E-state index contributed by atoms with van der Waals surface area (Å²) >= 11 is 0. The number of benzene rings is 1. The maximum Gasteiger partial charge on any atom is 0.307 e. The fourth-order valence-corrected chi connectivity index (χ4v) is 2.33. The predicted molar refractivity (Wildman–Crippen MR) is 72.8 cm³/mol. The third kappa shape index (κ3) is 3.22. The summed E-state index contributed by atoms with van der Waals surface area (Å²) in [5.74, 6) is -2.26. The first-order chi connectivity index (χ1) is 9.08. The van der Waals surface area contributed by atoms with E-state index in [0.717, 1.165) is 5.56 Å². The van der Waals surface area contributed by atoms with Gasteiger partial charge in [0, 0.05) is 5.69 Å². The van der Waals surface area contributed by atoms with Gasteiger partial charge in [-0.1, -0.05) is 24.3 Å². The van der Waals surface area contributed by atoms with Crippen molar-refractivity contribution in [3.05, 3.63) is 42.0 Å². The number of aryl methyl sites for hydroxylation is 1. The molecule has 19 heavy (non-hydrogen) atoms. The molecule has 1 aromatic rings. The van der Waals surface area contributed by atoms with Crippen molar-refractivity contribution in [3.63, 3.8) is 0 Å². The first kappa shape index (κ1) is 13.3. The Morgan fingerprint density at radius 2 is 1.89 bits per heavy atom. The third-order valence-corrected chi connectivity index (χ3v) is 3.37. The Bertz CT molecular complexity index is 522. The van der Waals surface area contributed by atoms with E-state index >= 15 is 0 Å². The largest absolute Gasteiger partial charge is 0.481 e. The molecule has 1 amide bonds. The third-order valence-electron chi connectivity index (χ3n) is 3.37. The average molecular weight is 259 g/mol. The van der Waals surface area contributed by atoms with Gasteiger partial charge in [0.15, 0.2) is 0 Å². The number of carboxylic acids is 1. The van der Waals surface area contributed by atoms with Crippen LogP contribution in [-0.4, -0.2) is 17.0 Å². The molecule has 2 unspecified atom stereocenters. The Balaban J connectivity index is 2.10. The number of hydrogen-bond acceptors (Lipinski definition) is 2. The minimum Gasteiger partial charge on any atom is -0.481 e. The lowest BCUT2D eigenvalue weighted by Gasteiger charge is -2.24. The Morgan fingerprint density at radius 1 is 1.21 bits per heavy atom. The molecule has 4 heteroatoms. The van der Waals surface area contributed by atoms with Crippen LogP contribution in [0.15, 0.2) is 36.4 Å². The average Bonchev–Trinajstić information content (AvgIpc) is 2.38. The molecule has 0 heterocycles. The highest BCUT2D eigenvalue weighted by atomic mass is 16.4.